The lowest BCUT2D eigenvalue weighted by atomic mass is 9.95. The Morgan fingerprint density at radius 3 is 2.60 bits per heavy atom. The summed E-state index contributed by atoms with van der Waals surface area (Å²) in [4.78, 5) is 17.1. The van der Waals surface area contributed by atoms with Gasteiger partial charge in [0.15, 0.2) is 5.82 Å². The van der Waals surface area contributed by atoms with Crippen molar-refractivity contribution in [2.45, 2.75) is 69.0 Å². The van der Waals surface area contributed by atoms with Crippen molar-refractivity contribution in [2.24, 2.45) is 0 Å². The molecule has 2 unspecified atom stereocenters. The lowest BCUT2D eigenvalue weighted by Gasteiger charge is -2.34. The number of nitrogens with one attached hydrogen (secondary N) is 1. The number of hydrogen-bond acceptors (Lipinski definition) is 8. The Hall–Kier alpha value is -3.03. The van der Waals surface area contributed by atoms with Crippen LogP contribution in [0.4, 0.5) is 33.6 Å². The number of pyridine rings is 1. The largest absolute Gasteiger partial charge is 0.461 e. The second-order valence-corrected chi connectivity index (χ2v) is 12.7. The summed E-state index contributed by atoms with van der Waals surface area (Å²) in [6.45, 7) is 3.64. The second-order valence-electron chi connectivity index (χ2n) is 12.3. The van der Waals surface area contributed by atoms with E-state index in [0.29, 0.717) is 31.9 Å². The molecular formula is C29H31ClF5N7O. The van der Waals surface area contributed by atoms with Crippen LogP contribution in [0.1, 0.15) is 43.2 Å². The summed E-state index contributed by atoms with van der Waals surface area (Å²) >= 11 is 6.56. The first-order chi connectivity index (χ1) is 20.4. The summed E-state index contributed by atoms with van der Waals surface area (Å²) < 4.78 is 79.7. The molecule has 4 aliphatic heterocycles. The highest BCUT2D eigenvalue weighted by Gasteiger charge is 2.49. The molecule has 4 fully saturated rings. The van der Waals surface area contributed by atoms with Gasteiger partial charge in [0.05, 0.1) is 27.4 Å². The molecule has 7 rings (SSSR count). The van der Waals surface area contributed by atoms with Gasteiger partial charge in [0.25, 0.3) is 0 Å². The van der Waals surface area contributed by atoms with Crippen molar-refractivity contribution >= 4 is 34.1 Å². The predicted molar refractivity (Wildman–Crippen MR) is 153 cm³/mol. The molecule has 0 aliphatic carbocycles. The van der Waals surface area contributed by atoms with Gasteiger partial charge in [-0.1, -0.05) is 11.6 Å². The van der Waals surface area contributed by atoms with E-state index in [2.05, 4.69) is 20.2 Å². The Morgan fingerprint density at radius 2 is 1.88 bits per heavy atom. The average molecular weight is 624 g/mol. The third-order valence-electron chi connectivity index (χ3n) is 9.35. The van der Waals surface area contributed by atoms with E-state index >= 15 is 4.39 Å². The van der Waals surface area contributed by atoms with Crippen molar-refractivity contribution in [3.8, 4) is 17.3 Å². The number of nitrogen functional groups attached to an aromatic ring is 1. The standard InChI is InChI=1S/C29H31ClF5N7O/c1-14-7-20(36)38-25(22(14)29(33,34)35)21-19(30)8-18-24(23(21)32)39-27(40-26(18)41-11-16-3-4-17(12-41)37-16)43-13-28-5-2-6-42(28)10-15(31)9-28/h7-8,15-17,37H,2-6,9-13H2,1H3,(H2,36,38)/t15-,16?,17?,28+/m0/s1. The molecule has 0 radical (unpaired) electrons. The smallest absolute Gasteiger partial charge is 0.418 e. The van der Waals surface area contributed by atoms with Crippen LogP contribution in [-0.4, -0.2) is 76.4 Å². The highest BCUT2D eigenvalue weighted by molar-refractivity contribution is 6.34. The summed E-state index contributed by atoms with van der Waals surface area (Å²) in [6, 6.07) is 2.78. The van der Waals surface area contributed by atoms with Crippen LogP contribution >= 0.6 is 11.6 Å². The fraction of sp³-hybridized carbons (Fsp3) is 0.552. The number of aryl methyl sites for hydroxylation is 1. The number of rotatable bonds is 5. The number of piperazine rings is 1. The van der Waals surface area contributed by atoms with E-state index in [-0.39, 0.29) is 52.0 Å². The van der Waals surface area contributed by atoms with Crippen LogP contribution in [0.25, 0.3) is 22.2 Å². The fourth-order valence-electron chi connectivity index (χ4n) is 7.54. The minimum atomic E-state index is -4.85. The third-order valence-corrected chi connectivity index (χ3v) is 9.64. The number of nitrogens with two attached hydrogens (primary N) is 1. The molecule has 43 heavy (non-hydrogen) atoms. The van der Waals surface area contributed by atoms with E-state index in [1.807, 2.05) is 4.90 Å². The van der Waals surface area contributed by atoms with Crippen LogP contribution < -0.4 is 20.7 Å². The lowest BCUT2D eigenvalue weighted by Crippen LogP contribution is -2.51. The number of halogens is 6. The van der Waals surface area contributed by atoms with E-state index < -0.39 is 40.5 Å². The first-order valence-corrected chi connectivity index (χ1v) is 14.9. The number of alkyl halides is 4. The van der Waals surface area contributed by atoms with Gasteiger partial charge >= 0.3 is 12.2 Å². The molecule has 0 saturated carbocycles. The van der Waals surface area contributed by atoms with Gasteiger partial charge in [0.2, 0.25) is 0 Å². The molecule has 230 valence electrons. The van der Waals surface area contributed by atoms with Gasteiger partial charge in [0, 0.05) is 43.5 Å². The Kier molecular flexibility index (Phi) is 6.86. The Morgan fingerprint density at radius 1 is 1.14 bits per heavy atom. The van der Waals surface area contributed by atoms with Crippen molar-refractivity contribution in [1.82, 2.24) is 25.2 Å². The highest BCUT2D eigenvalue weighted by Crippen LogP contribution is 2.45. The van der Waals surface area contributed by atoms with Crippen molar-refractivity contribution in [2.75, 3.05) is 43.4 Å². The van der Waals surface area contributed by atoms with Crippen LogP contribution in [0.15, 0.2) is 12.1 Å². The number of aromatic nitrogens is 3. The minimum Gasteiger partial charge on any atom is -0.461 e. The fourth-order valence-corrected chi connectivity index (χ4v) is 7.82. The molecule has 1 aromatic carbocycles. The molecule has 3 N–H and O–H groups in total. The molecule has 8 nitrogen and oxygen atoms in total. The number of nitrogens with zero attached hydrogens (tertiary/aromatic N) is 5. The van der Waals surface area contributed by atoms with Gasteiger partial charge in [-0.15, -0.1) is 0 Å². The molecule has 4 saturated heterocycles. The Labute approximate surface area is 249 Å². The van der Waals surface area contributed by atoms with Crippen LogP contribution in [0.3, 0.4) is 0 Å². The Bertz CT molecular complexity index is 1590. The summed E-state index contributed by atoms with van der Waals surface area (Å²) in [7, 11) is 0. The predicted octanol–water partition coefficient (Wildman–Crippen LogP) is 5.29. The summed E-state index contributed by atoms with van der Waals surface area (Å²) in [5.41, 5.74) is 2.47. The first kappa shape index (κ1) is 28.7. The summed E-state index contributed by atoms with van der Waals surface area (Å²) in [5.74, 6) is -0.903. The van der Waals surface area contributed by atoms with E-state index in [9.17, 15) is 17.6 Å². The zero-order valence-corrected chi connectivity index (χ0v) is 24.2. The number of ether oxygens (including phenoxy) is 1. The number of anilines is 2. The maximum absolute atomic E-state index is 16.6. The number of hydrogen-bond donors (Lipinski definition) is 2. The molecule has 3 aromatic rings. The molecule has 4 aliphatic rings. The molecule has 0 spiro atoms. The molecule has 14 heteroatoms. The van der Waals surface area contributed by atoms with Crippen LogP contribution in [0, 0.1) is 12.7 Å². The van der Waals surface area contributed by atoms with Crippen molar-refractivity contribution in [3.05, 3.63) is 34.1 Å². The SMILES string of the molecule is Cc1cc(N)nc(-c2c(Cl)cc3c(N4CC5CCC(C4)N5)nc(OC[C@]45CCCN4C[C@@H](F)C5)nc3c2F)c1C(F)(F)F. The summed E-state index contributed by atoms with van der Waals surface area (Å²) in [5, 5.41) is 3.52. The van der Waals surface area contributed by atoms with Gasteiger partial charge in [-0.05, 0) is 56.8 Å². The third kappa shape index (κ3) is 4.93. The van der Waals surface area contributed by atoms with Gasteiger partial charge in [-0.2, -0.15) is 23.1 Å². The van der Waals surface area contributed by atoms with Crippen molar-refractivity contribution < 1.29 is 26.7 Å². The maximum atomic E-state index is 16.6. The van der Waals surface area contributed by atoms with Gasteiger partial charge in [0.1, 0.15) is 29.9 Å². The van der Waals surface area contributed by atoms with Gasteiger partial charge in [-0.3, -0.25) is 4.90 Å². The van der Waals surface area contributed by atoms with Crippen LogP contribution in [0.2, 0.25) is 5.02 Å². The van der Waals surface area contributed by atoms with E-state index in [0.717, 1.165) is 38.3 Å². The maximum Gasteiger partial charge on any atom is 0.418 e. The van der Waals surface area contributed by atoms with Gasteiger partial charge < -0.3 is 20.7 Å². The van der Waals surface area contributed by atoms with Gasteiger partial charge in [-0.25, -0.2) is 13.8 Å². The molecule has 4 atom stereocenters. The lowest BCUT2D eigenvalue weighted by molar-refractivity contribution is -0.137. The normalized spacial score (nSPS) is 27.3. The molecular weight excluding hydrogens is 593 g/mol. The number of fused-ring (bicyclic) bond motifs is 4. The molecule has 0 amide bonds. The van der Waals surface area contributed by atoms with E-state index in [1.54, 1.807) is 0 Å². The second kappa shape index (κ2) is 10.3. The molecule has 6 heterocycles. The zero-order valence-electron chi connectivity index (χ0n) is 23.4. The summed E-state index contributed by atoms with van der Waals surface area (Å²) in [6.07, 6.45) is -1.86. The quantitative estimate of drug-likeness (QED) is 0.371. The monoisotopic (exact) mass is 623 g/mol. The van der Waals surface area contributed by atoms with Crippen LogP contribution in [-0.2, 0) is 6.18 Å². The van der Waals surface area contributed by atoms with Crippen molar-refractivity contribution in [1.29, 1.82) is 0 Å². The highest BCUT2D eigenvalue weighted by atomic mass is 35.5. The Balaban J connectivity index is 1.38. The number of benzene rings is 1. The topological polar surface area (TPSA) is 92.4 Å². The molecule has 2 bridgehead atoms. The van der Waals surface area contributed by atoms with Crippen LogP contribution in [0.5, 0.6) is 6.01 Å². The zero-order chi connectivity index (χ0) is 30.3. The average Bonchev–Trinajstić information content (AvgIpc) is 3.56. The van der Waals surface area contributed by atoms with E-state index in [4.69, 9.17) is 27.1 Å². The molecule has 2 aromatic heterocycles. The van der Waals surface area contributed by atoms with Crippen molar-refractivity contribution in [3.63, 3.8) is 0 Å². The van der Waals surface area contributed by atoms with E-state index in [1.165, 1.54) is 13.0 Å². The minimum absolute atomic E-state index is 0.113. The first-order valence-electron chi connectivity index (χ1n) is 14.5.